The van der Waals surface area contributed by atoms with Gasteiger partial charge in [0.1, 0.15) is 0 Å². The summed E-state index contributed by atoms with van der Waals surface area (Å²) < 4.78 is 29.4. The van der Waals surface area contributed by atoms with Crippen LogP contribution in [-0.2, 0) is 19.6 Å². The summed E-state index contributed by atoms with van der Waals surface area (Å²) in [4.78, 5) is 10.9. The number of unbranched alkanes of at least 4 members (excludes halogenated alkanes) is 2. The van der Waals surface area contributed by atoms with E-state index < -0.39 is 15.9 Å². The third-order valence-electron chi connectivity index (χ3n) is 1.85. The first-order chi connectivity index (χ1) is 7.02. The van der Waals surface area contributed by atoms with Gasteiger partial charge >= 0.3 is 0 Å². The number of ether oxygens (including phenoxy) is 1. The van der Waals surface area contributed by atoms with Crippen LogP contribution in [0.4, 0.5) is 0 Å². The molecule has 0 rings (SSSR count). The van der Waals surface area contributed by atoms with Gasteiger partial charge in [-0.15, -0.1) is 0 Å². The zero-order valence-corrected chi connectivity index (χ0v) is 10.1. The Morgan fingerprint density at radius 3 is 2.47 bits per heavy atom. The highest BCUT2D eigenvalue weighted by Gasteiger charge is 2.12. The van der Waals surface area contributed by atoms with Crippen LogP contribution in [0.2, 0.25) is 0 Å². The molecule has 0 heterocycles. The number of amides is 1. The Morgan fingerprint density at radius 1 is 1.27 bits per heavy atom. The van der Waals surface area contributed by atoms with E-state index in [-0.39, 0.29) is 12.2 Å². The van der Waals surface area contributed by atoms with Crippen LogP contribution in [0.1, 0.15) is 32.6 Å². The Morgan fingerprint density at radius 2 is 1.93 bits per heavy atom. The molecule has 0 aromatic rings. The topological polar surface area (TPSA) is 72.5 Å². The lowest BCUT2D eigenvalue weighted by molar-refractivity contribution is -0.119. The minimum Gasteiger partial charge on any atom is -0.385 e. The van der Waals surface area contributed by atoms with Gasteiger partial charge in [0.15, 0.2) is 0 Å². The van der Waals surface area contributed by atoms with Crippen LogP contribution < -0.4 is 4.72 Å². The molecule has 6 heteroatoms. The van der Waals surface area contributed by atoms with Crippen LogP contribution in [0.15, 0.2) is 0 Å². The SMILES string of the molecule is CCC(=O)NS(=O)(=O)CCCCCOC. The highest BCUT2D eigenvalue weighted by molar-refractivity contribution is 7.90. The average molecular weight is 237 g/mol. The van der Waals surface area contributed by atoms with E-state index in [1.807, 2.05) is 4.72 Å². The second kappa shape index (κ2) is 7.64. The Labute approximate surface area is 91.2 Å². The summed E-state index contributed by atoms with van der Waals surface area (Å²) in [5, 5.41) is 0. The van der Waals surface area contributed by atoms with Crippen LogP contribution in [0, 0.1) is 0 Å². The largest absolute Gasteiger partial charge is 0.385 e. The average Bonchev–Trinajstić information content (AvgIpc) is 2.16. The molecule has 0 atom stereocenters. The molecule has 0 aromatic heterocycles. The van der Waals surface area contributed by atoms with Crippen molar-refractivity contribution in [2.24, 2.45) is 0 Å². The Balaban J connectivity index is 3.70. The molecule has 15 heavy (non-hydrogen) atoms. The van der Waals surface area contributed by atoms with Gasteiger partial charge in [0.25, 0.3) is 0 Å². The molecule has 1 amide bonds. The second-order valence-electron chi connectivity index (χ2n) is 3.25. The lowest BCUT2D eigenvalue weighted by Crippen LogP contribution is -2.31. The van der Waals surface area contributed by atoms with E-state index in [4.69, 9.17) is 4.74 Å². The number of hydrogen-bond donors (Lipinski definition) is 1. The van der Waals surface area contributed by atoms with E-state index in [2.05, 4.69) is 0 Å². The van der Waals surface area contributed by atoms with Crippen LogP contribution in [-0.4, -0.2) is 33.8 Å². The van der Waals surface area contributed by atoms with Crippen molar-refractivity contribution >= 4 is 15.9 Å². The second-order valence-corrected chi connectivity index (χ2v) is 5.09. The fourth-order valence-corrected chi connectivity index (χ4v) is 2.19. The monoisotopic (exact) mass is 237 g/mol. The maximum atomic E-state index is 11.3. The Kier molecular flexibility index (Phi) is 7.33. The predicted molar refractivity (Wildman–Crippen MR) is 57.9 cm³/mol. The molecular weight excluding hydrogens is 218 g/mol. The quantitative estimate of drug-likeness (QED) is 0.629. The zero-order chi connectivity index (χ0) is 11.7. The van der Waals surface area contributed by atoms with Crippen molar-refractivity contribution in [3.63, 3.8) is 0 Å². The first-order valence-corrected chi connectivity index (χ1v) is 6.69. The number of sulfonamides is 1. The molecule has 1 N–H and O–H groups in total. The number of methoxy groups -OCH3 is 1. The molecule has 0 saturated heterocycles. The molecule has 0 spiro atoms. The molecule has 0 saturated carbocycles. The molecule has 0 aliphatic carbocycles. The lowest BCUT2D eigenvalue weighted by atomic mass is 10.3. The standard InChI is InChI=1S/C9H19NO4S/c1-3-9(11)10-15(12,13)8-6-4-5-7-14-2/h3-8H2,1-2H3,(H,10,11). The molecule has 5 nitrogen and oxygen atoms in total. The fourth-order valence-electron chi connectivity index (χ4n) is 1.01. The van der Waals surface area contributed by atoms with Crippen molar-refractivity contribution in [1.82, 2.24) is 4.72 Å². The smallest absolute Gasteiger partial charge is 0.234 e. The van der Waals surface area contributed by atoms with Crippen molar-refractivity contribution in [2.75, 3.05) is 19.5 Å². The molecular formula is C9H19NO4S. The zero-order valence-electron chi connectivity index (χ0n) is 9.28. The van der Waals surface area contributed by atoms with Crippen molar-refractivity contribution < 1.29 is 17.9 Å². The number of carbonyl (C=O) groups excluding carboxylic acids is 1. The third kappa shape index (κ3) is 8.38. The van der Waals surface area contributed by atoms with Gasteiger partial charge in [-0.25, -0.2) is 8.42 Å². The van der Waals surface area contributed by atoms with Crippen LogP contribution in [0.25, 0.3) is 0 Å². The van der Waals surface area contributed by atoms with Gasteiger partial charge < -0.3 is 4.74 Å². The summed E-state index contributed by atoms with van der Waals surface area (Å²) in [5.41, 5.74) is 0. The highest BCUT2D eigenvalue weighted by atomic mass is 32.2. The van der Waals surface area contributed by atoms with E-state index in [9.17, 15) is 13.2 Å². The van der Waals surface area contributed by atoms with E-state index in [0.717, 1.165) is 12.8 Å². The van der Waals surface area contributed by atoms with Crippen molar-refractivity contribution in [3.05, 3.63) is 0 Å². The minimum atomic E-state index is -3.42. The molecule has 90 valence electrons. The van der Waals surface area contributed by atoms with Gasteiger partial charge in [-0.05, 0) is 12.8 Å². The van der Waals surface area contributed by atoms with Gasteiger partial charge in [0.2, 0.25) is 15.9 Å². The Hall–Kier alpha value is -0.620. The summed E-state index contributed by atoms with van der Waals surface area (Å²) >= 11 is 0. The van der Waals surface area contributed by atoms with Gasteiger partial charge in [-0.2, -0.15) is 0 Å². The molecule has 0 radical (unpaired) electrons. The number of nitrogens with one attached hydrogen (secondary N) is 1. The van der Waals surface area contributed by atoms with Crippen molar-refractivity contribution in [1.29, 1.82) is 0 Å². The van der Waals surface area contributed by atoms with E-state index in [1.165, 1.54) is 0 Å². The Bertz CT molecular complexity index is 274. The molecule has 0 aliphatic rings. The number of rotatable bonds is 8. The van der Waals surface area contributed by atoms with Crippen LogP contribution >= 0.6 is 0 Å². The lowest BCUT2D eigenvalue weighted by Gasteiger charge is -2.05. The summed E-state index contributed by atoms with van der Waals surface area (Å²) in [6, 6.07) is 0. The molecule has 0 unspecified atom stereocenters. The fraction of sp³-hybridized carbons (Fsp3) is 0.889. The van der Waals surface area contributed by atoms with E-state index >= 15 is 0 Å². The summed E-state index contributed by atoms with van der Waals surface area (Å²) in [7, 11) is -1.81. The van der Waals surface area contributed by atoms with Gasteiger partial charge in [0.05, 0.1) is 5.75 Å². The summed E-state index contributed by atoms with van der Waals surface area (Å²) in [5.74, 6) is -0.450. The van der Waals surface area contributed by atoms with Crippen LogP contribution in [0.5, 0.6) is 0 Å². The number of hydrogen-bond acceptors (Lipinski definition) is 4. The van der Waals surface area contributed by atoms with Crippen LogP contribution in [0.3, 0.4) is 0 Å². The first kappa shape index (κ1) is 14.4. The summed E-state index contributed by atoms with van der Waals surface area (Å²) in [6.45, 7) is 2.25. The summed E-state index contributed by atoms with van der Waals surface area (Å²) in [6.07, 6.45) is 2.36. The van der Waals surface area contributed by atoms with E-state index in [1.54, 1.807) is 14.0 Å². The van der Waals surface area contributed by atoms with E-state index in [0.29, 0.717) is 13.0 Å². The number of carbonyl (C=O) groups is 1. The molecule has 0 aromatic carbocycles. The third-order valence-corrected chi connectivity index (χ3v) is 3.22. The highest BCUT2D eigenvalue weighted by Crippen LogP contribution is 1.99. The van der Waals surface area contributed by atoms with Crippen molar-refractivity contribution in [3.8, 4) is 0 Å². The minimum absolute atomic E-state index is 0.00243. The van der Waals surface area contributed by atoms with Gasteiger partial charge in [-0.1, -0.05) is 13.3 Å². The normalized spacial score (nSPS) is 11.3. The predicted octanol–water partition coefficient (Wildman–Crippen LogP) is 0.659. The maximum absolute atomic E-state index is 11.3. The van der Waals surface area contributed by atoms with Gasteiger partial charge in [0, 0.05) is 20.1 Å². The first-order valence-electron chi connectivity index (χ1n) is 5.04. The molecule has 0 fully saturated rings. The van der Waals surface area contributed by atoms with Crippen molar-refractivity contribution in [2.45, 2.75) is 32.6 Å². The molecule has 0 aliphatic heterocycles. The maximum Gasteiger partial charge on any atom is 0.234 e. The molecule has 0 bridgehead atoms. The van der Waals surface area contributed by atoms with Gasteiger partial charge in [-0.3, -0.25) is 9.52 Å².